The predicted octanol–water partition coefficient (Wildman–Crippen LogP) is 1.14. The monoisotopic (exact) mass is 290 g/mol. The maximum atomic E-state index is 11.3. The van der Waals surface area contributed by atoms with E-state index in [0.717, 1.165) is 19.6 Å². The summed E-state index contributed by atoms with van der Waals surface area (Å²) in [5.41, 5.74) is 0.702. The molecule has 1 N–H and O–H groups in total. The van der Waals surface area contributed by atoms with Crippen LogP contribution < -0.4 is 4.74 Å². The summed E-state index contributed by atoms with van der Waals surface area (Å²) >= 11 is 0. The zero-order chi connectivity index (χ0) is 14.8. The molecule has 0 aromatic carbocycles. The molecule has 7 heteroatoms. The third-order valence-electron chi connectivity index (χ3n) is 3.80. The van der Waals surface area contributed by atoms with Crippen LogP contribution in [0.15, 0.2) is 12.4 Å². The maximum Gasteiger partial charge on any atom is 0.341 e. The first-order chi connectivity index (χ1) is 10.2. The third-order valence-corrected chi connectivity index (χ3v) is 3.80. The number of pyridine rings is 1. The van der Waals surface area contributed by atoms with Gasteiger partial charge in [0.2, 0.25) is 0 Å². The van der Waals surface area contributed by atoms with Gasteiger partial charge >= 0.3 is 5.97 Å². The molecule has 0 saturated carbocycles. The van der Waals surface area contributed by atoms with Gasteiger partial charge in [0.15, 0.2) is 5.65 Å². The van der Waals surface area contributed by atoms with Crippen LogP contribution in [0.5, 0.6) is 5.75 Å². The second-order valence-electron chi connectivity index (χ2n) is 5.21. The first kappa shape index (κ1) is 13.8. The highest BCUT2D eigenvalue weighted by Crippen LogP contribution is 2.28. The Kier molecular flexibility index (Phi) is 3.74. The Bertz CT molecular complexity index is 662. The zero-order valence-corrected chi connectivity index (χ0v) is 11.9. The van der Waals surface area contributed by atoms with Crippen LogP contribution in [0.4, 0.5) is 0 Å². The highest BCUT2D eigenvalue weighted by atomic mass is 16.5. The number of hydrogen-bond acceptors (Lipinski definition) is 5. The molecule has 0 atom stereocenters. The predicted molar refractivity (Wildman–Crippen MR) is 76.6 cm³/mol. The minimum absolute atomic E-state index is 0.0805. The number of fused-ring (bicyclic) bond motifs is 1. The molecule has 0 aliphatic carbocycles. The number of carboxylic acids is 1. The lowest BCUT2D eigenvalue weighted by atomic mass is 10.2. The number of carboxylic acid groups (broad SMARTS) is 1. The van der Waals surface area contributed by atoms with Gasteiger partial charge in [0, 0.05) is 19.8 Å². The Morgan fingerprint density at radius 2 is 2.14 bits per heavy atom. The summed E-state index contributed by atoms with van der Waals surface area (Å²) in [6.07, 6.45) is 5.38. The van der Waals surface area contributed by atoms with Crippen molar-refractivity contribution in [2.24, 2.45) is 7.05 Å². The summed E-state index contributed by atoms with van der Waals surface area (Å²) in [4.78, 5) is 17.8. The smallest absolute Gasteiger partial charge is 0.341 e. The number of ether oxygens (including phenoxy) is 1. The van der Waals surface area contributed by atoms with Crippen molar-refractivity contribution in [1.29, 1.82) is 0 Å². The van der Waals surface area contributed by atoms with Crippen LogP contribution in [0, 0.1) is 0 Å². The molecule has 0 unspecified atom stereocenters. The molecule has 112 valence electrons. The van der Waals surface area contributed by atoms with Crippen molar-refractivity contribution in [3.8, 4) is 5.75 Å². The van der Waals surface area contributed by atoms with Crippen LogP contribution in [-0.2, 0) is 7.05 Å². The van der Waals surface area contributed by atoms with Gasteiger partial charge in [-0.15, -0.1) is 0 Å². The first-order valence-electron chi connectivity index (χ1n) is 7.06. The van der Waals surface area contributed by atoms with Crippen LogP contribution in [0.2, 0.25) is 0 Å². The van der Waals surface area contributed by atoms with Gasteiger partial charge in [-0.3, -0.25) is 9.58 Å². The van der Waals surface area contributed by atoms with Gasteiger partial charge in [0.05, 0.1) is 11.6 Å². The van der Waals surface area contributed by atoms with Gasteiger partial charge in [0.25, 0.3) is 0 Å². The molecule has 0 radical (unpaired) electrons. The minimum Gasteiger partial charge on any atom is -0.490 e. The summed E-state index contributed by atoms with van der Waals surface area (Å²) in [7, 11) is 1.77. The summed E-state index contributed by atoms with van der Waals surface area (Å²) in [6.45, 7) is 3.46. The van der Waals surface area contributed by atoms with E-state index in [-0.39, 0.29) is 5.56 Å². The Morgan fingerprint density at radius 3 is 2.86 bits per heavy atom. The minimum atomic E-state index is -1.04. The number of likely N-dealkylation sites (tertiary alicyclic amines) is 1. The highest BCUT2D eigenvalue weighted by Gasteiger charge is 2.19. The van der Waals surface area contributed by atoms with Gasteiger partial charge in [-0.2, -0.15) is 5.10 Å². The number of aromatic nitrogens is 3. The van der Waals surface area contributed by atoms with Gasteiger partial charge in [-0.05, 0) is 25.9 Å². The van der Waals surface area contributed by atoms with E-state index < -0.39 is 5.97 Å². The third kappa shape index (κ3) is 2.69. The Hall–Kier alpha value is -2.15. The average Bonchev–Trinajstić information content (AvgIpc) is 3.09. The number of aryl methyl sites for hydroxylation is 1. The molecule has 0 bridgehead atoms. The molecule has 0 amide bonds. The van der Waals surface area contributed by atoms with Crippen molar-refractivity contribution in [3.63, 3.8) is 0 Å². The van der Waals surface area contributed by atoms with E-state index >= 15 is 0 Å². The van der Waals surface area contributed by atoms with Crippen LogP contribution in [-0.4, -0.2) is 57.0 Å². The molecular formula is C14H18N4O3. The highest BCUT2D eigenvalue weighted by molar-refractivity contribution is 5.97. The fraction of sp³-hybridized carbons (Fsp3) is 0.500. The number of rotatable bonds is 5. The van der Waals surface area contributed by atoms with Crippen LogP contribution in [0.25, 0.3) is 11.0 Å². The Labute approximate surface area is 122 Å². The summed E-state index contributed by atoms with van der Waals surface area (Å²) in [5, 5.41) is 14.0. The van der Waals surface area contributed by atoms with Crippen molar-refractivity contribution in [2.45, 2.75) is 12.8 Å². The van der Waals surface area contributed by atoms with Crippen molar-refractivity contribution in [1.82, 2.24) is 19.7 Å². The molecule has 1 fully saturated rings. The summed E-state index contributed by atoms with van der Waals surface area (Å²) in [6, 6.07) is 0. The standard InChI is InChI=1S/C14H18N4O3/c1-17-13-10(9-16-17)12(11(8-15-13)14(19)20)21-7-6-18-4-2-3-5-18/h8-9H,2-7H2,1H3,(H,19,20). The molecule has 21 heavy (non-hydrogen) atoms. The first-order valence-corrected chi connectivity index (χ1v) is 7.06. The van der Waals surface area contributed by atoms with Crippen LogP contribution >= 0.6 is 0 Å². The van der Waals surface area contributed by atoms with E-state index in [2.05, 4.69) is 15.0 Å². The topological polar surface area (TPSA) is 80.5 Å². The van der Waals surface area contributed by atoms with Crippen LogP contribution in [0.1, 0.15) is 23.2 Å². The van der Waals surface area contributed by atoms with Gasteiger partial charge < -0.3 is 9.84 Å². The summed E-state index contributed by atoms with van der Waals surface area (Å²) in [5.74, 6) is -0.677. The number of aromatic carboxylic acids is 1. The van der Waals surface area contributed by atoms with Crippen LogP contribution in [0.3, 0.4) is 0 Å². The molecule has 0 spiro atoms. The van der Waals surface area contributed by atoms with Gasteiger partial charge in [0.1, 0.15) is 17.9 Å². The molecule has 2 aromatic rings. The maximum absolute atomic E-state index is 11.3. The Balaban J connectivity index is 1.83. The zero-order valence-electron chi connectivity index (χ0n) is 11.9. The van der Waals surface area contributed by atoms with E-state index in [1.54, 1.807) is 17.9 Å². The van der Waals surface area contributed by atoms with Crippen molar-refractivity contribution >= 4 is 17.0 Å². The van der Waals surface area contributed by atoms with Gasteiger partial charge in [-0.1, -0.05) is 0 Å². The van der Waals surface area contributed by atoms with Crippen molar-refractivity contribution < 1.29 is 14.6 Å². The molecule has 7 nitrogen and oxygen atoms in total. The fourth-order valence-corrected chi connectivity index (χ4v) is 2.66. The molecule has 2 aromatic heterocycles. The van der Waals surface area contributed by atoms with Crippen molar-refractivity contribution in [2.75, 3.05) is 26.2 Å². The lowest BCUT2D eigenvalue weighted by molar-refractivity contribution is 0.0691. The Morgan fingerprint density at radius 1 is 1.38 bits per heavy atom. The molecular weight excluding hydrogens is 272 g/mol. The molecule has 1 aliphatic heterocycles. The molecule has 1 aliphatic rings. The SMILES string of the molecule is Cn1ncc2c(OCCN3CCCC3)c(C(=O)O)cnc21. The number of nitrogens with zero attached hydrogens (tertiary/aromatic N) is 4. The van der Waals surface area contributed by atoms with E-state index in [1.807, 2.05) is 0 Å². The normalized spacial score (nSPS) is 15.7. The number of carbonyl (C=O) groups is 1. The van der Waals surface area contributed by atoms with E-state index in [0.29, 0.717) is 23.4 Å². The summed E-state index contributed by atoms with van der Waals surface area (Å²) < 4.78 is 7.38. The fourth-order valence-electron chi connectivity index (χ4n) is 2.66. The molecule has 3 heterocycles. The van der Waals surface area contributed by atoms with Gasteiger partial charge in [-0.25, -0.2) is 9.78 Å². The van der Waals surface area contributed by atoms with Crippen molar-refractivity contribution in [3.05, 3.63) is 18.0 Å². The largest absolute Gasteiger partial charge is 0.490 e. The molecule has 1 saturated heterocycles. The number of hydrogen-bond donors (Lipinski definition) is 1. The lowest BCUT2D eigenvalue weighted by Gasteiger charge is -2.16. The quantitative estimate of drug-likeness (QED) is 0.889. The van der Waals surface area contributed by atoms with E-state index in [9.17, 15) is 9.90 Å². The second kappa shape index (κ2) is 5.69. The lowest BCUT2D eigenvalue weighted by Crippen LogP contribution is -2.25. The average molecular weight is 290 g/mol. The van der Waals surface area contributed by atoms with E-state index in [4.69, 9.17) is 4.74 Å². The molecule has 3 rings (SSSR count). The van der Waals surface area contributed by atoms with E-state index in [1.165, 1.54) is 19.0 Å². The second-order valence-corrected chi connectivity index (χ2v) is 5.21.